The Labute approximate surface area is 118 Å². The van der Waals surface area contributed by atoms with Crippen molar-refractivity contribution in [2.45, 2.75) is 32.4 Å². The van der Waals surface area contributed by atoms with Crippen LogP contribution in [0.3, 0.4) is 0 Å². The molecule has 0 aliphatic carbocycles. The standard InChI is InChI=1S/C15H20N2O3/c1-10-11(2)17(6-5-16-10)15(18)8-12-3-4-13-14(7-12)20-9-19-13/h3-4,7,10-11,16H,5-6,8-9H2,1-2H3. The molecule has 0 spiro atoms. The maximum absolute atomic E-state index is 12.4. The second-order valence-corrected chi connectivity index (χ2v) is 5.43. The fraction of sp³-hybridized carbons (Fsp3) is 0.533. The van der Waals surface area contributed by atoms with Gasteiger partial charge in [0.25, 0.3) is 0 Å². The monoisotopic (exact) mass is 276 g/mol. The molecule has 108 valence electrons. The molecule has 0 bridgehead atoms. The lowest BCUT2D eigenvalue weighted by atomic mass is 10.0. The summed E-state index contributed by atoms with van der Waals surface area (Å²) >= 11 is 0. The molecule has 3 rings (SSSR count). The number of nitrogens with one attached hydrogen (secondary N) is 1. The van der Waals surface area contributed by atoms with Crippen molar-refractivity contribution in [3.63, 3.8) is 0 Å². The lowest BCUT2D eigenvalue weighted by molar-refractivity contribution is -0.134. The molecule has 2 aliphatic heterocycles. The van der Waals surface area contributed by atoms with Crippen LogP contribution >= 0.6 is 0 Å². The summed E-state index contributed by atoms with van der Waals surface area (Å²) in [5, 5.41) is 3.38. The highest BCUT2D eigenvalue weighted by atomic mass is 16.7. The van der Waals surface area contributed by atoms with E-state index in [9.17, 15) is 4.79 Å². The van der Waals surface area contributed by atoms with E-state index in [0.29, 0.717) is 12.5 Å². The topological polar surface area (TPSA) is 50.8 Å². The van der Waals surface area contributed by atoms with Gasteiger partial charge in [-0.1, -0.05) is 6.07 Å². The van der Waals surface area contributed by atoms with E-state index in [-0.39, 0.29) is 18.7 Å². The molecule has 2 heterocycles. The van der Waals surface area contributed by atoms with Crippen LogP contribution in [0.4, 0.5) is 0 Å². The van der Waals surface area contributed by atoms with E-state index in [0.717, 1.165) is 30.2 Å². The molecule has 20 heavy (non-hydrogen) atoms. The number of fused-ring (bicyclic) bond motifs is 1. The number of rotatable bonds is 2. The third-order valence-electron chi connectivity index (χ3n) is 4.15. The highest BCUT2D eigenvalue weighted by molar-refractivity contribution is 5.79. The van der Waals surface area contributed by atoms with Crippen LogP contribution in [0.15, 0.2) is 18.2 Å². The van der Waals surface area contributed by atoms with Gasteiger partial charge in [-0.05, 0) is 31.5 Å². The van der Waals surface area contributed by atoms with Crippen LogP contribution in [-0.2, 0) is 11.2 Å². The van der Waals surface area contributed by atoms with Crippen molar-refractivity contribution in [2.24, 2.45) is 0 Å². The number of piperazine rings is 1. The van der Waals surface area contributed by atoms with Crippen LogP contribution in [0.2, 0.25) is 0 Å². The average molecular weight is 276 g/mol. The number of carbonyl (C=O) groups is 1. The van der Waals surface area contributed by atoms with Gasteiger partial charge in [-0.3, -0.25) is 4.79 Å². The molecule has 2 atom stereocenters. The number of nitrogens with zero attached hydrogens (tertiary/aromatic N) is 1. The van der Waals surface area contributed by atoms with Crippen molar-refractivity contribution in [1.82, 2.24) is 10.2 Å². The van der Waals surface area contributed by atoms with E-state index >= 15 is 0 Å². The first kappa shape index (κ1) is 13.2. The van der Waals surface area contributed by atoms with Crippen molar-refractivity contribution >= 4 is 5.91 Å². The van der Waals surface area contributed by atoms with E-state index in [1.54, 1.807) is 0 Å². The zero-order chi connectivity index (χ0) is 14.1. The zero-order valence-electron chi connectivity index (χ0n) is 11.9. The first-order chi connectivity index (χ1) is 9.65. The van der Waals surface area contributed by atoms with Gasteiger partial charge in [0.1, 0.15) is 0 Å². The minimum Gasteiger partial charge on any atom is -0.454 e. The number of ether oxygens (including phenoxy) is 2. The summed E-state index contributed by atoms with van der Waals surface area (Å²) in [6, 6.07) is 6.27. The third-order valence-corrected chi connectivity index (χ3v) is 4.15. The molecule has 5 heteroatoms. The number of amides is 1. The van der Waals surface area contributed by atoms with Gasteiger partial charge in [0.2, 0.25) is 12.7 Å². The fourth-order valence-electron chi connectivity index (χ4n) is 2.74. The lowest BCUT2D eigenvalue weighted by Crippen LogP contribution is -2.57. The van der Waals surface area contributed by atoms with E-state index in [4.69, 9.17) is 9.47 Å². The molecule has 0 radical (unpaired) electrons. The largest absolute Gasteiger partial charge is 0.454 e. The van der Waals surface area contributed by atoms with Gasteiger partial charge in [0.05, 0.1) is 6.42 Å². The smallest absolute Gasteiger partial charge is 0.231 e. The highest BCUT2D eigenvalue weighted by Gasteiger charge is 2.28. The fourth-order valence-corrected chi connectivity index (χ4v) is 2.74. The Hall–Kier alpha value is -1.75. The Balaban J connectivity index is 1.69. The van der Waals surface area contributed by atoms with E-state index in [1.165, 1.54) is 0 Å². The van der Waals surface area contributed by atoms with Crippen LogP contribution in [0.5, 0.6) is 11.5 Å². The highest BCUT2D eigenvalue weighted by Crippen LogP contribution is 2.32. The van der Waals surface area contributed by atoms with Gasteiger partial charge in [-0.25, -0.2) is 0 Å². The Kier molecular flexibility index (Phi) is 3.53. The molecule has 2 aliphatic rings. The zero-order valence-corrected chi connectivity index (χ0v) is 11.9. The third kappa shape index (κ3) is 2.45. The Morgan fingerprint density at radius 2 is 2.15 bits per heavy atom. The molecule has 1 aromatic rings. The van der Waals surface area contributed by atoms with Crippen LogP contribution in [0.25, 0.3) is 0 Å². The molecule has 2 unspecified atom stereocenters. The van der Waals surface area contributed by atoms with Crippen molar-refractivity contribution in [3.05, 3.63) is 23.8 Å². The number of benzene rings is 1. The van der Waals surface area contributed by atoms with Crippen molar-refractivity contribution in [1.29, 1.82) is 0 Å². The Morgan fingerprint density at radius 1 is 1.35 bits per heavy atom. The molecule has 1 fully saturated rings. The van der Waals surface area contributed by atoms with Gasteiger partial charge < -0.3 is 19.7 Å². The predicted octanol–water partition coefficient (Wildman–Crippen LogP) is 1.17. The maximum Gasteiger partial charge on any atom is 0.231 e. The Bertz CT molecular complexity index is 518. The van der Waals surface area contributed by atoms with Gasteiger partial charge in [-0.15, -0.1) is 0 Å². The molecule has 0 aromatic heterocycles. The summed E-state index contributed by atoms with van der Waals surface area (Å²) in [6.07, 6.45) is 0.410. The van der Waals surface area contributed by atoms with E-state index in [1.807, 2.05) is 23.1 Å². The minimum absolute atomic E-state index is 0.171. The quantitative estimate of drug-likeness (QED) is 0.881. The molecule has 1 aromatic carbocycles. The predicted molar refractivity (Wildman–Crippen MR) is 74.9 cm³/mol. The molecular weight excluding hydrogens is 256 g/mol. The molecule has 5 nitrogen and oxygen atoms in total. The first-order valence-electron chi connectivity index (χ1n) is 7.06. The Morgan fingerprint density at radius 3 is 3.00 bits per heavy atom. The van der Waals surface area contributed by atoms with Gasteiger partial charge >= 0.3 is 0 Å². The first-order valence-corrected chi connectivity index (χ1v) is 7.06. The second-order valence-electron chi connectivity index (χ2n) is 5.43. The SMILES string of the molecule is CC1NCCN(C(=O)Cc2ccc3c(c2)OCO3)C1C. The molecule has 1 amide bonds. The number of hydrogen-bond donors (Lipinski definition) is 1. The van der Waals surface area contributed by atoms with Crippen molar-refractivity contribution in [2.75, 3.05) is 19.9 Å². The number of hydrogen-bond acceptors (Lipinski definition) is 4. The summed E-state index contributed by atoms with van der Waals surface area (Å²) in [5.74, 6) is 1.66. The maximum atomic E-state index is 12.4. The van der Waals surface area contributed by atoms with Crippen LogP contribution in [0, 0.1) is 0 Å². The van der Waals surface area contributed by atoms with Gasteiger partial charge in [0.15, 0.2) is 11.5 Å². The van der Waals surface area contributed by atoms with Crippen LogP contribution in [0.1, 0.15) is 19.4 Å². The number of carbonyl (C=O) groups excluding carboxylic acids is 1. The van der Waals surface area contributed by atoms with Crippen molar-refractivity contribution < 1.29 is 14.3 Å². The second kappa shape index (κ2) is 5.32. The van der Waals surface area contributed by atoms with Crippen molar-refractivity contribution in [3.8, 4) is 11.5 Å². The molecule has 0 saturated carbocycles. The van der Waals surface area contributed by atoms with E-state index < -0.39 is 0 Å². The minimum atomic E-state index is 0.171. The summed E-state index contributed by atoms with van der Waals surface area (Å²) in [6.45, 7) is 6.10. The lowest BCUT2D eigenvalue weighted by Gasteiger charge is -2.38. The molecule has 1 N–H and O–H groups in total. The van der Waals surface area contributed by atoms with Gasteiger partial charge in [0, 0.05) is 25.2 Å². The summed E-state index contributed by atoms with van der Waals surface area (Å²) in [5.41, 5.74) is 0.970. The summed E-state index contributed by atoms with van der Waals surface area (Å²) in [7, 11) is 0. The summed E-state index contributed by atoms with van der Waals surface area (Å²) < 4.78 is 10.6. The van der Waals surface area contributed by atoms with Gasteiger partial charge in [-0.2, -0.15) is 0 Å². The van der Waals surface area contributed by atoms with E-state index in [2.05, 4.69) is 19.2 Å². The molecular formula is C15H20N2O3. The summed E-state index contributed by atoms with van der Waals surface area (Å²) in [4.78, 5) is 14.4. The van der Waals surface area contributed by atoms with Crippen LogP contribution < -0.4 is 14.8 Å². The van der Waals surface area contributed by atoms with Crippen LogP contribution in [-0.4, -0.2) is 42.8 Å². The molecule has 1 saturated heterocycles. The normalized spacial score (nSPS) is 24.8. The average Bonchev–Trinajstić information content (AvgIpc) is 2.89.